The van der Waals surface area contributed by atoms with Crippen LogP contribution >= 0.6 is 0 Å². The van der Waals surface area contributed by atoms with Crippen molar-refractivity contribution in [2.75, 3.05) is 19.8 Å². The third kappa shape index (κ3) is 3.47. The maximum atomic E-state index is 11.9. The third-order valence-corrected chi connectivity index (χ3v) is 2.94. The zero-order valence-corrected chi connectivity index (χ0v) is 10.6. The molecule has 1 amide bonds. The summed E-state index contributed by atoms with van der Waals surface area (Å²) >= 11 is 0. The van der Waals surface area contributed by atoms with Crippen molar-refractivity contribution in [2.45, 2.75) is 25.9 Å². The maximum absolute atomic E-state index is 11.9. The van der Waals surface area contributed by atoms with E-state index in [1.54, 1.807) is 12.1 Å². The molecule has 1 aromatic rings. The molecule has 0 radical (unpaired) electrons. The van der Waals surface area contributed by atoms with Gasteiger partial charge in [-0.25, -0.2) is 0 Å². The first-order chi connectivity index (χ1) is 8.79. The lowest BCUT2D eigenvalue weighted by Gasteiger charge is -2.11. The van der Waals surface area contributed by atoms with Gasteiger partial charge in [-0.05, 0) is 44.0 Å². The van der Waals surface area contributed by atoms with E-state index in [1.165, 1.54) is 0 Å². The predicted molar refractivity (Wildman–Crippen MR) is 68.9 cm³/mol. The molecule has 1 heterocycles. The van der Waals surface area contributed by atoms with E-state index < -0.39 is 0 Å². The van der Waals surface area contributed by atoms with Gasteiger partial charge in [0.2, 0.25) is 0 Å². The zero-order chi connectivity index (χ0) is 12.8. The Morgan fingerprint density at radius 1 is 1.44 bits per heavy atom. The lowest BCUT2D eigenvalue weighted by Crippen LogP contribution is -2.31. The van der Waals surface area contributed by atoms with E-state index in [9.17, 15) is 4.79 Å². The first-order valence-corrected chi connectivity index (χ1v) is 6.42. The standard InChI is InChI=1S/C14H19NO3/c1-2-17-12-7-5-11(6-8-12)14(16)15-10-13-4-3-9-18-13/h5-8,13H,2-4,9-10H2,1H3,(H,15,16)/t13-/m0/s1. The largest absolute Gasteiger partial charge is 0.494 e. The van der Waals surface area contributed by atoms with Gasteiger partial charge in [0.1, 0.15) is 5.75 Å². The fourth-order valence-corrected chi connectivity index (χ4v) is 1.98. The summed E-state index contributed by atoms with van der Waals surface area (Å²) in [5, 5.41) is 2.89. The summed E-state index contributed by atoms with van der Waals surface area (Å²) in [5.74, 6) is 0.724. The molecule has 4 heteroatoms. The number of amides is 1. The van der Waals surface area contributed by atoms with Crippen molar-refractivity contribution in [3.63, 3.8) is 0 Å². The normalized spacial score (nSPS) is 18.6. The second-order valence-corrected chi connectivity index (χ2v) is 4.30. The number of carbonyl (C=O) groups excluding carboxylic acids is 1. The summed E-state index contributed by atoms with van der Waals surface area (Å²) in [7, 11) is 0. The minimum atomic E-state index is -0.0615. The quantitative estimate of drug-likeness (QED) is 0.868. The Morgan fingerprint density at radius 2 is 2.22 bits per heavy atom. The Labute approximate surface area is 107 Å². The van der Waals surface area contributed by atoms with Gasteiger partial charge in [-0.15, -0.1) is 0 Å². The minimum absolute atomic E-state index is 0.0615. The SMILES string of the molecule is CCOc1ccc(C(=O)NC[C@@H]2CCCO2)cc1. The monoisotopic (exact) mass is 249 g/mol. The van der Waals surface area contributed by atoms with Gasteiger partial charge >= 0.3 is 0 Å². The van der Waals surface area contributed by atoms with E-state index >= 15 is 0 Å². The smallest absolute Gasteiger partial charge is 0.251 e. The van der Waals surface area contributed by atoms with E-state index in [1.807, 2.05) is 19.1 Å². The number of hydrogen-bond acceptors (Lipinski definition) is 3. The van der Waals surface area contributed by atoms with Crippen LogP contribution in [0.4, 0.5) is 0 Å². The van der Waals surface area contributed by atoms with Crippen LogP contribution in [0.15, 0.2) is 24.3 Å². The molecule has 1 fully saturated rings. The van der Waals surface area contributed by atoms with Crippen LogP contribution in [0.25, 0.3) is 0 Å². The summed E-state index contributed by atoms with van der Waals surface area (Å²) < 4.78 is 10.8. The van der Waals surface area contributed by atoms with Crippen LogP contribution in [-0.4, -0.2) is 31.8 Å². The fraction of sp³-hybridized carbons (Fsp3) is 0.500. The first kappa shape index (κ1) is 12.9. The van der Waals surface area contributed by atoms with Crippen molar-refractivity contribution in [2.24, 2.45) is 0 Å². The molecule has 0 unspecified atom stereocenters. The highest BCUT2D eigenvalue weighted by Crippen LogP contribution is 2.13. The van der Waals surface area contributed by atoms with Crippen molar-refractivity contribution in [1.29, 1.82) is 0 Å². The summed E-state index contributed by atoms with van der Waals surface area (Å²) in [5.41, 5.74) is 0.649. The van der Waals surface area contributed by atoms with Crippen molar-refractivity contribution in [3.05, 3.63) is 29.8 Å². The molecule has 0 saturated carbocycles. The first-order valence-electron chi connectivity index (χ1n) is 6.42. The van der Waals surface area contributed by atoms with E-state index in [0.29, 0.717) is 18.7 Å². The number of rotatable bonds is 5. The topological polar surface area (TPSA) is 47.6 Å². The molecule has 2 rings (SSSR count). The van der Waals surface area contributed by atoms with E-state index in [2.05, 4.69) is 5.32 Å². The van der Waals surface area contributed by atoms with E-state index in [0.717, 1.165) is 25.2 Å². The van der Waals surface area contributed by atoms with Crippen molar-refractivity contribution >= 4 is 5.91 Å². The molecule has 1 aliphatic rings. The Kier molecular flexibility index (Phi) is 4.59. The van der Waals surface area contributed by atoms with Crippen molar-refractivity contribution in [1.82, 2.24) is 5.32 Å². The van der Waals surface area contributed by atoms with Gasteiger partial charge in [-0.3, -0.25) is 4.79 Å². The van der Waals surface area contributed by atoms with E-state index in [4.69, 9.17) is 9.47 Å². The van der Waals surface area contributed by atoms with Crippen molar-refractivity contribution in [3.8, 4) is 5.75 Å². The Bertz CT molecular complexity index is 383. The summed E-state index contributed by atoms with van der Waals surface area (Å²) in [6, 6.07) is 7.17. The second-order valence-electron chi connectivity index (χ2n) is 4.30. The van der Waals surface area contributed by atoms with Gasteiger partial charge in [0, 0.05) is 18.7 Å². The van der Waals surface area contributed by atoms with Gasteiger partial charge in [-0.2, -0.15) is 0 Å². The van der Waals surface area contributed by atoms with Gasteiger partial charge in [0.05, 0.1) is 12.7 Å². The summed E-state index contributed by atoms with van der Waals surface area (Å²) in [6.07, 6.45) is 2.30. The van der Waals surface area contributed by atoms with Gasteiger partial charge in [0.25, 0.3) is 5.91 Å². The van der Waals surface area contributed by atoms with Gasteiger partial charge in [0.15, 0.2) is 0 Å². The highest BCUT2D eigenvalue weighted by atomic mass is 16.5. The number of carbonyl (C=O) groups is 1. The molecule has 0 aliphatic carbocycles. The van der Waals surface area contributed by atoms with Crippen LogP contribution in [0.5, 0.6) is 5.75 Å². The average Bonchev–Trinajstić information content (AvgIpc) is 2.90. The molecule has 0 spiro atoms. The molecule has 0 bridgehead atoms. The third-order valence-electron chi connectivity index (χ3n) is 2.94. The van der Waals surface area contributed by atoms with Crippen LogP contribution in [0, 0.1) is 0 Å². The molecule has 98 valence electrons. The summed E-state index contributed by atoms with van der Waals surface area (Å²) in [6.45, 7) is 3.96. The number of nitrogens with one attached hydrogen (secondary N) is 1. The molecule has 1 atom stereocenters. The lowest BCUT2D eigenvalue weighted by atomic mass is 10.2. The van der Waals surface area contributed by atoms with Crippen LogP contribution < -0.4 is 10.1 Å². The molecule has 1 aromatic carbocycles. The van der Waals surface area contributed by atoms with Crippen LogP contribution in [0.2, 0.25) is 0 Å². The van der Waals surface area contributed by atoms with Gasteiger partial charge < -0.3 is 14.8 Å². The molecule has 1 saturated heterocycles. The molecule has 4 nitrogen and oxygen atoms in total. The van der Waals surface area contributed by atoms with Crippen LogP contribution in [-0.2, 0) is 4.74 Å². The summed E-state index contributed by atoms with van der Waals surface area (Å²) in [4.78, 5) is 11.9. The Balaban J connectivity index is 1.83. The molecule has 1 N–H and O–H groups in total. The molecular formula is C14H19NO3. The van der Waals surface area contributed by atoms with Crippen LogP contribution in [0.3, 0.4) is 0 Å². The van der Waals surface area contributed by atoms with E-state index in [-0.39, 0.29) is 12.0 Å². The highest BCUT2D eigenvalue weighted by Gasteiger charge is 2.16. The molecule has 18 heavy (non-hydrogen) atoms. The minimum Gasteiger partial charge on any atom is -0.494 e. The fourth-order valence-electron chi connectivity index (χ4n) is 1.98. The molecular weight excluding hydrogens is 230 g/mol. The number of benzene rings is 1. The molecule has 1 aliphatic heterocycles. The number of hydrogen-bond donors (Lipinski definition) is 1. The van der Waals surface area contributed by atoms with Crippen molar-refractivity contribution < 1.29 is 14.3 Å². The zero-order valence-electron chi connectivity index (χ0n) is 10.6. The Hall–Kier alpha value is -1.55. The highest BCUT2D eigenvalue weighted by molar-refractivity contribution is 5.94. The van der Waals surface area contributed by atoms with Crippen LogP contribution in [0.1, 0.15) is 30.1 Å². The second kappa shape index (κ2) is 6.40. The molecule has 0 aromatic heterocycles. The average molecular weight is 249 g/mol. The maximum Gasteiger partial charge on any atom is 0.251 e. The lowest BCUT2D eigenvalue weighted by molar-refractivity contribution is 0.0858. The predicted octanol–water partition coefficient (Wildman–Crippen LogP) is 1.99. The number of ether oxygens (including phenoxy) is 2. The Morgan fingerprint density at radius 3 is 2.83 bits per heavy atom. The van der Waals surface area contributed by atoms with Gasteiger partial charge in [-0.1, -0.05) is 0 Å².